The molecular weight excluding hydrogens is 455 g/mol. The van der Waals surface area contributed by atoms with E-state index < -0.39 is 11.5 Å². The molecule has 0 radical (unpaired) electrons. The van der Waals surface area contributed by atoms with Gasteiger partial charge in [-0.15, -0.1) is 0 Å². The number of nitrogens with zero attached hydrogens (tertiary/aromatic N) is 2. The summed E-state index contributed by atoms with van der Waals surface area (Å²) in [6, 6.07) is 11.2. The molecule has 2 aromatic carbocycles. The average Bonchev–Trinajstić information content (AvgIpc) is 2.77. The molecule has 0 spiro atoms. The maximum Gasteiger partial charge on any atom is 0.273 e. The summed E-state index contributed by atoms with van der Waals surface area (Å²) >= 11 is 12.0. The monoisotopic (exact) mass is 476 g/mol. The third-order valence-corrected chi connectivity index (χ3v) is 5.38. The van der Waals surface area contributed by atoms with Gasteiger partial charge in [0, 0.05) is 18.0 Å². The van der Waals surface area contributed by atoms with Crippen LogP contribution in [-0.2, 0) is 16.1 Å². The largest absolute Gasteiger partial charge is 0.333 e. The fraction of sp³-hybridized carbons (Fsp3) is 0.273. The highest BCUT2D eigenvalue weighted by Crippen LogP contribution is 2.25. The average molecular weight is 477 g/mol. The van der Waals surface area contributed by atoms with Crippen LogP contribution in [0.15, 0.2) is 52.1 Å². The molecule has 0 aliphatic rings. The number of amides is 2. The second-order valence-corrected chi connectivity index (χ2v) is 8.02. The third-order valence-electron chi connectivity index (χ3n) is 4.82. The van der Waals surface area contributed by atoms with Gasteiger partial charge in [-0.1, -0.05) is 42.3 Å². The first-order valence-electron chi connectivity index (χ1n) is 10.0. The normalized spacial score (nSPS) is 10.8. The number of nitrogens with one attached hydrogen (secondary N) is 2. The number of hydrogen-bond acceptors (Lipinski definition) is 4. The van der Waals surface area contributed by atoms with Crippen molar-refractivity contribution in [2.45, 2.75) is 26.3 Å². The quantitative estimate of drug-likeness (QED) is 0.520. The van der Waals surface area contributed by atoms with Crippen LogP contribution < -0.4 is 16.4 Å². The molecule has 32 heavy (non-hydrogen) atoms. The second kappa shape index (κ2) is 10.5. The maximum absolute atomic E-state index is 12.8. The van der Waals surface area contributed by atoms with E-state index in [0.29, 0.717) is 34.1 Å². The van der Waals surface area contributed by atoms with Crippen molar-refractivity contribution in [2.75, 3.05) is 18.4 Å². The van der Waals surface area contributed by atoms with E-state index in [-0.39, 0.29) is 36.4 Å². The number of anilines is 1. The molecule has 3 aromatic rings. The fourth-order valence-corrected chi connectivity index (χ4v) is 3.62. The van der Waals surface area contributed by atoms with E-state index in [9.17, 15) is 19.2 Å². The predicted molar refractivity (Wildman–Crippen MR) is 125 cm³/mol. The number of aromatic nitrogens is 2. The Balaban J connectivity index is 1.69. The molecule has 1 aromatic heterocycles. The first-order chi connectivity index (χ1) is 15.3. The van der Waals surface area contributed by atoms with Crippen LogP contribution >= 0.6 is 23.2 Å². The molecule has 0 saturated carbocycles. The van der Waals surface area contributed by atoms with Gasteiger partial charge in [-0.05, 0) is 36.8 Å². The van der Waals surface area contributed by atoms with Crippen molar-refractivity contribution in [3.05, 3.63) is 73.2 Å². The number of rotatable bonds is 8. The molecule has 0 saturated heterocycles. The number of aromatic amines is 1. The zero-order valence-corrected chi connectivity index (χ0v) is 18.9. The van der Waals surface area contributed by atoms with Crippen LogP contribution in [0.3, 0.4) is 0 Å². The minimum Gasteiger partial charge on any atom is -0.333 e. The minimum atomic E-state index is -0.424. The Morgan fingerprint density at radius 1 is 1.09 bits per heavy atom. The topological polar surface area (TPSA) is 104 Å². The fourth-order valence-electron chi connectivity index (χ4n) is 3.29. The van der Waals surface area contributed by atoms with Gasteiger partial charge in [0.2, 0.25) is 11.8 Å². The highest BCUT2D eigenvalue weighted by atomic mass is 35.5. The summed E-state index contributed by atoms with van der Waals surface area (Å²) < 4.78 is 1.12. The number of H-pyrrole nitrogens is 1. The van der Waals surface area contributed by atoms with Crippen LogP contribution in [0.5, 0.6) is 0 Å². The number of carbonyl (C=O) groups is 2. The molecule has 0 fully saturated rings. The van der Waals surface area contributed by atoms with Crippen molar-refractivity contribution >= 4 is 51.5 Å². The summed E-state index contributed by atoms with van der Waals surface area (Å²) in [6.45, 7) is 2.05. The standard InChI is InChI=1S/C22H22Cl2N4O4/c1-2-10-27(13-19(29)25-18-12-14(23)7-8-17(18)24)20(30)9-11-28-22(32)16-6-4-3-5-15(16)21(31)26-28/h3-8,12H,2,9-11,13H2,1H3,(H,25,29)(H,26,31). The number of hydrogen-bond donors (Lipinski definition) is 2. The van der Waals surface area contributed by atoms with E-state index >= 15 is 0 Å². The Bertz CT molecular complexity index is 1270. The Morgan fingerprint density at radius 3 is 2.53 bits per heavy atom. The number of aryl methyl sites for hydroxylation is 1. The molecule has 0 atom stereocenters. The van der Waals surface area contributed by atoms with Crippen molar-refractivity contribution in [3.63, 3.8) is 0 Å². The molecular formula is C22H22Cl2N4O4. The molecule has 0 aliphatic heterocycles. The van der Waals surface area contributed by atoms with Crippen molar-refractivity contribution in [2.24, 2.45) is 0 Å². The lowest BCUT2D eigenvalue weighted by Crippen LogP contribution is -2.39. The number of carbonyl (C=O) groups excluding carboxylic acids is 2. The molecule has 8 nitrogen and oxygen atoms in total. The molecule has 0 aliphatic carbocycles. The van der Waals surface area contributed by atoms with E-state index in [1.807, 2.05) is 6.92 Å². The van der Waals surface area contributed by atoms with Crippen LogP contribution in [0.25, 0.3) is 10.8 Å². The van der Waals surface area contributed by atoms with Gasteiger partial charge in [0.05, 0.1) is 34.6 Å². The molecule has 0 bridgehead atoms. The van der Waals surface area contributed by atoms with Crippen molar-refractivity contribution in [1.82, 2.24) is 14.7 Å². The lowest BCUT2D eigenvalue weighted by Gasteiger charge is -2.22. The number of fused-ring (bicyclic) bond motifs is 1. The van der Waals surface area contributed by atoms with Gasteiger partial charge in [0.1, 0.15) is 0 Å². The Hall–Kier alpha value is -3.10. The molecule has 3 rings (SSSR count). The highest BCUT2D eigenvalue weighted by Gasteiger charge is 2.18. The summed E-state index contributed by atoms with van der Waals surface area (Å²) in [5.41, 5.74) is -0.437. The van der Waals surface area contributed by atoms with Crippen LogP contribution in [0, 0.1) is 0 Å². The minimum absolute atomic E-state index is 0.0142. The molecule has 2 N–H and O–H groups in total. The highest BCUT2D eigenvalue weighted by molar-refractivity contribution is 6.35. The molecule has 10 heteroatoms. The van der Waals surface area contributed by atoms with E-state index in [0.717, 1.165) is 4.68 Å². The predicted octanol–water partition coefficient (Wildman–Crippen LogP) is 3.26. The Kier molecular flexibility index (Phi) is 7.71. The first-order valence-corrected chi connectivity index (χ1v) is 10.8. The molecule has 2 amide bonds. The van der Waals surface area contributed by atoms with E-state index in [1.54, 1.807) is 36.4 Å². The first kappa shape index (κ1) is 23.6. The van der Waals surface area contributed by atoms with Gasteiger partial charge in [-0.2, -0.15) is 0 Å². The van der Waals surface area contributed by atoms with Gasteiger partial charge in [-0.3, -0.25) is 24.3 Å². The Labute approximate surface area is 193 Å². The zero-order chi connectivity index (χ0) is 23.3. The van der Waals surface area contributed by atoms with Crippen molar-refractivity contribution in [3.8, 4) is 0 Å². The molecule has 168 valence electrons. The van der Waals surface area contributed by atoms with Crippen molar-refractivity contribution < 1.29 is 9.59 Å². The summed E-state index contributed by atoms with van der Waals surface area (Å²) in [7, 11) is 0. The van der Waals surface area contributed by atoms with Crippen LogP contribution in [0.2, 0.25) is 10.0 Å². The second-order valence-electron chi connectivity index (χ2n) is 7.18. The summed E-state index contributed by atoms with van der Waals surface area (Å²) in [4.78, 5) is 51.5. The smallest absolute Gasteiger partial charge is 0.273 e. The van der Waals surface area contributed by atoms with E-state index in [4.69, 9.17) is 23.2 Å². The number of benzene rings is 2. The SMILES string of the molecule is CCCN(CC(=O)Nc1cc(Cl)ccc1Cl)C(=O)CCn1[nH]c(=O)c2ccccc2c1=O. The van der Waals surface area contributed by atoms with E-state index in [1.165, 1.54) is 11.0 Å². The summed E-state index contributed by atoms with van der Waals surface area (Å²) in [5.74, 6) is -0.743. The van der Waals surface area contributed by atoms with Gasteiger partial charge >= 0.3 is 0 Å². The third kappa shape index (κ3) is 5.57. The zero-order valence-electron chi connectivity index (χ0n) is 17.4. The summed E-state index contributed by atoms with van der Waals surface area (Å²) in [5, 5.41) is 6.48. The van der Waals surface area contributed by atoms with E-state index in [2.05, 4.69) is 10.4 Å². The summed E-state index contributed by atoms with van der Waals surface area (Å²) in [6.07, 6.45) is 0.586. The van der Waals surface area contributed by atoms with Crippen molar-refractivity contribution in [1.29, 1.82) is 0 Å². The number of halogens is 2. The van der Waals surface area contributed by atoms with Crippen LogP contribution in [0.4, 0.5) is 5.69 Å². The van der Waals surface area contributed by atoms with Gasteiger partial charge in [0.25, 0.3) is 11.1 Å². The molecule has 1 heterocycles. The van der Waals surface area contributed by atoms with Crippen LogP contribution in [0.1, 0.15) is 19.8 Å². The lowest BCUT2D eigenvalue weighted by molar-refractivity contribution is -0.135. The Morgan fingerprint density at radius 2 is 1.81 bits per heavy atom. The van der Waals surface area contributed by atoms with Gasteiger partial charge in [-0.25, -0.2) is 4.68 Å². The lowest BCUT2D eigenvalue weighted by atomic mass is 10.2. The molecule has 0 unspecified atom stereocenters. The maximum atomic E-state index is 12.8. The van der Waals surface area contributed by atoms with Gasteiger partial charge < -0.3 is 10.2 Å². The van der Waals surface area contributed by atoms with Crippen LogP contribution in [-0.4, -0.2) is 39.6 Å². The van der Waals surface area contributed by atoms with Gasteiger partial charge in [0.15, 0.2) is 0 Å².